The summed E-state index contributed by atoms with van der Waals surface area (Å²) in [6.45, 7) is 0.370. The number of rotatable bonds is 5. The van der Waals surface area contributed by atoms with Crippen LogP contribution in [0.1, 0.15) is 18.4 Å². The van der Waals surface area contributed by atoms with Crippen molar-refractivity contribution in [2.75, 3.05) is 13.7 Å². The Balaban J connectivity index is 1.96. The molecule has 17 heavy (non-hydrogen) atoms. The van der Waals surface area contributed by atoms with Crippen LogP contribution in [0.5, 0.6) is 5.75 Å². The molecule has 0 saturated heterocycles. The number of hydrogen-bond acceptors (Lipinski definition) is 3. The average Bonchev–Trinajstić information content (AvgIpc) is 3.17. The van der Waals surface area contributed by atoms with E-state index in [1.807, 2.05) is 24.3 Å². The van der Waals surface area contributed by atoms with E-state index in [2.05, 4.69) is 5.32 Å². The first-order valence-electron chi connectivity index (χ1n) is 5.73. The molecule has 0 spiro atoms. The highest BCUT2D eigenvalue weighted by atomic mass is 16.5. The molecule has 1 aromatic rings. The first-order chi connectivity index (χ1) is 8.22. The molecule has 0 heterocycles. The van der Waals surface area contributed by atoms with E-state index in [-0.39, 0.29) is 12.5 Å². The number of ether oxygens (including phenoxy) is 1. The summed E-state index contributed by atoms with van der Waals surface area (Å²) in [5.41, 5.74) is 0.430. The van der Waals surface area contributed by atoms with Gasteiger partial charge in [-0.3, -0.25) is 4.79 Å². The van der Waals surface area contributed by atoms with E-state index >= 15 is 0 Å². The van der Waals surface area contributed by atoms with Gasteiger partial charge >= 0.3 is 0 Å². The van der Waals surface area contributed by atoms with Gasteiger partial charge in [-0.05, 0) is 18.9 Å². The Morgan fingerprint density at radius 2 is 2.18 bits per heavy atom. The van der Waals surface area contributed by atoms with Crippen LogP contribution in [0.4, 0.5) is 0 Å². The lowest BCUT2D eigenvalue weighted by atomic mass is 10.1. The van der Waals surface area contributed by atoms with Crippen molar-refractivity contribution in [3.05, 3.63) is 29.8 Å². The summed E-state index contributed by atoms with van der Waals surface area (Å²) in [6, 6.07) is 7.57. The van der Waals surface area contributed by atoms with E-state index < -0.39 is 5.41 Å². The van der Waals surface area contributed by atoms with E-state index in [0.29, 0.717) is 6.54 Å². The van der Waals surface area contributed by atoms with Gasteiger partial charge in [0.1, 0.15) is 5.75 Å². The average molecular weight is 235 g/mol. The number of aliphatic hydroxyl groups is 1. The van der Waals surface area contributed by atoms with E-state index in [0.717, 1.165) is 24.2 Å². The number of carbonyl (C=O) groups is 1. The van der Waals surface area contributed by atoms with E-state index in [4.69, 9.17) is 9.84 Å². The van der Waals surface area contributed by atoms with Crippen molar-refractivity contribution in [2.45, 2.75) is 19.4 Å². The van der Waals surface area contributed by atoms with Gasteiger partial charge in [-0.15, -0.1) is 0 Å². The monoisotopic (exact) mass is 235 g/mol. The Labute approximate surface area is 101 Å². The zero-order valence-corrected chi connectivity index (χ0v) is 9.90. The van der Waals surface area contributed by atoms with Gasteiger partial charge in [-0.25, -0.2) is 0 Å². The van der Waals surface area contributed by atoms with Gasteiger partial charge in [-0.2, -0.15) is 0 Å². The van der Waals surface area contributed by atoms with Crippen molar-refractivity contribution in [3.8, 4) is 5.75 Å². The van der Waals surface area contributed by atoms with Crippen LogP contribution in [0.25, 0.3) is 0 Å². The molecule has 0 aromatic heterocycles. The second kappa shape index (κ2) is 4.75. The molecule has 92 valence electrons. The van der Waals surface area contributed by atoms with Crippen LogP contribution >= 0.6 is 0 Å². The number of para-hydroxylation sites is 1. The lowest BCUT2D eigenvalue weighted by Gasteiger charge is -2.13. The SMILES string of the molecule is COc1ccccc1CNC(=O)C1(CO)CC1. The van der Waals surface area contributed by atoms with Crippen LogP contribution in [0.2, 0.25) is 0 Å². The maximum Gasteiger partial charge on any atom is 0.228 e. The normalized spacial score (nSPS) is 16.4. The third kappa shape index (κ3) is 2.42. The molecule has 1 fully saturated rings. The van der Waals surface area contributed by atoms with Gasteiger partial charge in [-0.1, -0.05) is 18.2 Å². The summed E-state index contributed by atoms with van der Waals surface area (Å²) in [4.78, 5) is 11.8. The summed E-state index contributed by atoms with van der Waals surface area (Å²) in [5, 5.41) is 12.0. The lowest BCUT2D eigenvalue weighted by Crippen LogP contribution is -2.33. The van der Waals surface area contributed by atoms with Crippen molar-refractivity contribution >= 4 is 5.91 Å². The van der Waals surface area contributed by atoms with Crippen LogP contribution in [0.3, 0.4) is 0 Å². The summed E-state index contributed by atoms with van der Waals surface area (Å²) in [7, 11) is 1.61. The van der Waals surface area contributed by atoms with Gasteiger partial charge in [0, 0.05) is 12.1 Å². The Morgan fingerprint density at radius 1 is 1.47 bits per heavy atom. The molecule has 0 unspecified atom stereocenters. The van der Waals surface area contributed by atoms with Gasteiger partial charge in [0.15, 0.2) is 0 Å². The fourth-order valence-electron chi connectivity index (χ4n) is 1.82. The second-order valence-corrected chi connectivity index (χ2v) is 4.43. The first kappa shape index (κ1) is 11.9. The molecular formula is C13H17NO3. The minimum Gasteiger partial charge on any atom is -0.496 e. The van der Waals surface area contributed by atoms with Crippen LogP contribution in [-0.2, 0) is 11.3 Å². The molecular weight excluding hydrogens is 218 g/mol. The minimum absolute atomic E-state index is 0.0640. The van der Waals surface area contributed by atoms with E-state index in [9.17, 15) is 4.79 Å². The Hall–Kier alpha value is -1.55. The Bertz CT molecular complexity index is 413. The smallest absolute Gasteiger partial charge is 0.228 e. The number of aliphatic hydroxyl groups excluding tert-OH is 1. The molecule has 1 aromatic carbocycles. The van der Waals surface area contributed by atoms with Crippen molar-refractivity contribution in [1.29, 1.82) is 0 Å². The van der Waals surface area contributed by atoms with Crippen molar-refractivity contribution in [1.82, 2.24) is 5.32 Å². The minimum atomic E-state index is -0.512. The quantitative estimate of drug-likeness (QED) is 0.803. The molecule has 1 aliphatic carbocycles. The van der Waals surface area contributed by atoms with Crippen LogP contribution in [0, 0.1) is 5.41 Å². The summed E-state index contributed by atoms with van der Waals surface area (Å²) in [6.07, 6.45) is 1.56. The molecule has 1 saturated carbocycles. The number of hydrogen-bond donors (Lipinski definition) is 2. The summed E-state index contributed by atoms with van der Waals surface area (Å²) in [5.74, 6) is 0.701. The summed E-state index contributed by atoms with van der Waals surface area (Å²) < 4.78 is 5.20. The van der Waals surface area contributed by atoms with Crippen molar-refractivity contribution in [3.63, 3.8) is 0 Å². The number of methoxy groups -OCH3 is 1. The third-order valence-corrected chi connectivity index (χ3v) is 3.27. The Kier molecular flexibility index (Phi) is 3.33. The first-order valence-corrected chi connectivity index (χ1v) is 5.73. The maximum absolute atomic E-state index is 11.8. The lowest BCUT2D eigenvalue weighted by molar-refractivity contribution is -0.127. The number of nitrogens with one attached hydrogen (secondary N) is 1. The molecule has 2 N–H and O–H groups in total. The number of benzene rings is 1. The molecule has 1 aliphatic rings. The molecule has 4 nitrogen and oxygen atoms in total. The second-order valence-electron chi connectivity index (χ2n) is 4.43. The maximum atomic E-state index is 11.8. The highest BCUT2D eigenvalue weighted by molar-refractivity contribution is 5.85. The Morgan fingerprint density at radius 3 is 2.76 bits per heavy atom. The fraction of sp³-hybridized carbons (Fsp3) is 0.462. The van der Waals surface area contributed by atoms with Crippen LogP contribution < -0.4 is 10.1 Å². The molecule has 0 bridgehead atoms. The van der Waals surface area contributed by atoms with Crippen molar-refractivity contribution in [2.24, 2.45) is 5.41 Å². The van der Waals surface area contributed by atoms with Gasteiger partial charge in [0.2, 0.25) is 5.91 Å². The van der Waals surface area contributed by atoms with E-state index in [1.54, 1.807) is 7.11 Å². The predicted molar refractivity (Wildman–Crippen MR) is 63.6 cm³/mol. The largest absolute Gasteiger partial charge is 0.496 e. The predicted octanol–water partition coefficient (Wildman–Crippen LogP) is 1.08. The third-order valence-electron chi connectivity index (χ3n) is 3.27. The number of carbonyl (C=O) groups excluding carboxylic acids is 1. The molecule has 4 heteroatoms. The van der Waals surface area contributed by atoms with Crippen LogP contribution in [0.15, 0.2) is 24.3 Å². The van der Waals surface area contributed by atoms with Crippen LogP contribution in [-0.4, -0.2) is 24.7 Å². The molecule has 1 amide bonds. The van der Waals surface area contributed by atoms with Gasteiger partial charge in [0.05, 0.1) is 19.1 Å². The van der Waals surface area contributed by atoms with Gasteiger partial charge in [0.25, 0.3) is 0 Å². The standard InChI is InChI=1S/C13H17NO3/c1-17-11-5-3-2-4-10(11)8-14-12(16)13(9-15)6-7-13/h2-5,15H,6-9H2,1H3,(H,14,16). The zero-order valence-electron chi connectivity index (χ0n) is 9.90. The highest BCUT2D eigenvalue weighted by Gasteiger charge is 2.49. The molecule has 0 radical (unpaired) electrons. The molecule has 2 rings (SSSR count). The van der Waals surface area contributed by atoms with Crippen molar-refractivity contribution < 1.29 is 14.6 Å². The topological polar surface area (TPSA) is 58.6 Å². The van der Waals surface area contributed by atoms with Gasteiger partial charge < -0.3 is 15.2 Å². The highest BCUT2D eigenvalue weighted by Crippen LogP contribution is 2.45. The summed E-state index contributed by atoms with van der Waals surface area (Å²) >= 11 is 0. The molecule has 0 aliphatic heterocycles. The molecule has 0 atom stereocenters. The zero-order chi connectivity index (χ0) is 12.3. The number of amides is 1. The fourth-order valence-corrected chi connectivity index (χ4v) is 1.82. The van der Waals surface area contributed by atoms with E-state index in [1.165, 1.54) is 0 Å².